The second-order valence-corrected chi connectivity index (χ2v) is 16.8. The van der Waals surface area contributed by atoms with Gasteiger partial charge in [-0.2, -0.15) is 0 Å². The number of para-hydroxylation sites is 9. The van der Waals surface area contributed by atoms with Crippen molar-refractivity contribution in [3.05, 3.63) is 194 Å². The lowest BCUT2D eigenvalue weighted by Gasteiger charge is -2.43. The van der Waals surface area contributed by atoms with Gasteiger partial charge >= 0.3 is 41.6 Å². The molecule has 0 saturated carbocycles. The molecular formula is C36H27N6O12P3. The highest BCUT2D eigenvalue weighted by molar-refractivity contribution is 7.78. The predicted molar refractivity (Wildman–Crippen MR) is 209 cm³/mol. The van der Waals surface area contributed by atoms with Gasteiger partial charge in [-0.25, -0.2) is 0 Å². The number of benzene rings is 6. The molecule has 0 N–H and O–H groups in total. The van der Waals surface area contributed by atoms with E-state index in [0.717, 1.165) is 9.21 Å². The standard InChI is InChI=1S/C36H27N6O12P3/c43-38(44)31-22-10-13-25-34(31)49-41-55(51-28-16-4-1-5-17-28)37-57(53-29-18-6-2-7-19-29,54-30-20-8-3-9-21-30)42(50-35-26-14-11-23-32(35)39(45)46)56(41)52-36-27-15-12-24-33(36)40(47)48/h1-27H. The van der Waals surface area contributed by atoms with E-state index < -0.39 is 56.4 Å². The maximum atomic E-state index is 12.4. The van der Waals surface area contributed by atoms with Crippen molar-refractivity contribution in [1.29, 1.82) is 0 Å². The van der Waals surface area contributed by atoms with Crippen molar-refractivity contribution in [3.63, 3.8) is 0 Å². The highest BCUT2D eigenvalue weighted by Gasteiger charge is 2.59. The highest BCUT2D eigenvalue weighted by Crippen LogP contribution is 2.78. The first-order valence-corrected chi connectivity index (χ1v) is 20.4. The first kappa shape index (κ1) is 38.6. The van der Waals surface area contributed by atoms with E-state index in [2.05, 4.69) is 0 Å². The summed E-state index contributed by atoms with van der Waals surface area (Å²) in [6.07, 6.45) is 0. The zero-order valence-electron chi connectivity index (χ0n) is 29.0. The predicted octanol–water partition coefficient (Wildman–Crippen LogP) is 11.0. The van der Waals surface area contributed by atoms with Crippen molar-refractivity contribution in [1.82, 2.24) is 9.21 Å². The van der Waals surface area contributed by atoms with Gasteiger partial charge in [0.15, 0.2) is 0 Å². The number of nitro groups is 3. The Kier molecular flexibility index (Phi) is 11.8. The van der Waals surface area contributed by atoms with E-state index in [-0.39, 0.29) is 34.5 Å². The molecule has 6 aromatic carbocycles. The number of nitro benzene ring substituents is 3. The van der Waals surface area contributed by atoms with Crippen LogP contribution in [0.25, 0.3) is 0 Å². The van der Waals surface area contributed by atoms with Crippen LogP contribution in [0.2, 0.25) is 0 Å². The molecule has 0 spiro atoms. The molecule has 18 nitrogen and oxygen atoms in total. The second kappa shape index (κ2) is 17.4. The van der Waals surface area contributed by atoms with Gasteiger partial charge in [0.2, 0.25) is 17.2 Å². The fourth-order valence-electron chi connectivity index (χ4n) is 4.93. The fourth-order valence-corrected chi connectivity index (χ4v) is 12.4. The molecule has 288 valence electrons. The molecule has 0 radical (unpaired) electrons. The molecule has 0 aromatic heterocycles. The van der Waals surface area contributed by atoms with Gasteiger partial charge < -0.3 is 27.8 Å². The van der Waals surface area contributed by atoms with Gasteiger partial charge in [-0.3, -0.25) is 30.3 Å². The summed E-state index contributed by atoms with van der Waals surface area (Å²) in [6, 6.07) is 41.3. The summed E-state index contributed by atoms with van der Waals surface area (Å²) in [5, 5.41) is 37.0. The maximum Gasteiger partial charge on any atom is 0.447 e. The number of rotatable bonds is 15. The Balaban J connectivity index is 1.55. The van der Waals surface area contributed by atoms with Crippen LogP contribution in [-0.4, -0.2) is 24.0 Å². The summed E-state index contributed by atoms with van der Waals surface area (Å²) in [5.41, 5.74) is -1.44. The van der Waals surface area contributed by atoms with Crippen LogP contribution in [0.3, 0.4) is 0 Å². The zero-order chi connectivity index (χ0) is 39.8. The molecule has 7 rings (SSSR count). The van der Waals surface area contributed by atoms with Gasteiger partial charge in [0, 0.05) is 27.4 Å². The van der Waals surface area contributed by atoms with Crippen LogP contribution in [0.4, 0.5) is 17.1 Å². The first-order valence-electron chi connectivity index (χ1n) is 16.5. The van der Waals surface area contributed by atoms with Crippen molar-refractivity contribution in [2.75, 3.05) is 0 Å². The molecule has 1 aliphatic rings. The van der Waals surface area contributed by atoms with Crippen LogP contribution in [0.1, 0.15) is 0 Å². The number of hydrogen-bond acceptors (Lipinski definition) is 15. The van der Waals surface area contributed by atoms with Crippen molar-refractivity contribution in [2.45, 2.75) is 0 Å². The molecule has 2 unspecified atom stereocenters. The molecule has 0 amide bonds. The molecule has 0 bridgehead atoms. The molecule has 0 saturated heterocycles. The van der Waals surface area contributed by atoms with Crippen LogP contribution in [0, 0.1) is 30.3 Å². The van der Waals surface area contributed by atoms with Gasteiger partial charge in [-0.1, -0.05) is 91.0 Å². The minimum absolute atomic E-state index is 0.199. The fraction of sp³-hybridized carbons (Fsp3) is 0. The maximum absolute atomic E-state index is 12.4. The van der Waals surface area contributed by atoms with Crippen molar-refractivity contribution >= 4 is 41.6 Å². The van der Waals surface area contributed by atoms with Gasteiger partial charge in [0.1, 0.15) is 17.2 Å². The first-order chi connectivity index (χ1) is 27.7. The average molecular weight is 829 g/mol. The van der Waals surface area contributed by atoms with Crippen molar-refractivity contribution in [2.24, 2.45) is 4.52 Å². The minimum Gasteiger partial charge on any atom is -0.437 e. The van der Waals surface area contributed by atoms with Crippen LogP contribution < -0.4 is 27.8 Å². The third-order valence-electron chi connectivity index (χ3n) is 7.44. The van der Waals surface area contributed by atoms with Crippen molar-refractivity contribution < 1.29 is 42.5 Å². The highest BCUT2D eigenvalue weighted by atomic mass is 31.3. The van der Waals surface area contributed by atoms with Crippen LogP contribution in [0.5, 0.6) is 34.5 Å². The summed E-state index contributed by atoms with van der Waals surface area (Å²) in [6.45, 7) is 0. The Bertz CT molecular complexity index is 2390. The monoisotopic (exact) mass is 828 g/mol. The quantitative estimate of drug-likeness (QED) is 0.0537. The van der Waals surface area contributed by atoms with Crippen LogP contribution >= 0.6 is 24.6 Å². The molecule has 0 fully saturated rings. The SMILES string of the molecule is O=[N+]([O-])c1ccccc1ON1P(Oc2ccccc2)N=P(Oc2ccccc2)(Oc2ccccc2)N(Oc2ccccc2[N+](=O)[O-])P1Oc1ccccc1[N+](=O)[O-]. The van der Waals surface area contributed by atoms with Gasteiger partial charge in [0.25, 0.3) is 0 Å². The summed E-state index contributed by atoms with van der Waals surface area (Å²) < 4.78 is 33.5. The molecule has 1 heterocycles. The van der Waals surface area contributed by atoms with E-state index in [4.69, 9.17) is 32.3 Å². The Labute approximate surface area is 325 Å². The van der Waals surface area contributed by atoms with E-state index in [1.54, 1.807) is 91.0 Å². The van der Waals surface area contributed by atoms with Crippen molar-refractivity contribution in [3.8, 4) is 34.5 Å². The normalized spacial score (nSPS) is 16.3. The number of hydrogen-bond donors (Lipinski definition) is 0. The van der Waals surface area contributed by atoms with Crippen LogP contribution in [0.15, 0.2) is 168 Å². The Morgan fingerprint density at radius 1 is 0.474 bits per heavy atom. The second-order valence-electron chi connectivity index (χ2n) is 11.3. The zero-order valence-corrected chi connectivity index (χ0v) is 31.7. The largest absolute Gasteiger partial charge is 0.447 e. The van der Waals surface area contributed by atoms with Gasteiger partial charge in [-0.15, -0.1) is 4.52 Å². The summed E-state index contributed by atoms with van der Waals surface area (Å²) in [5.74, 6) is -0.292. The number of nitrogens with zero attached hydrogens (tertiary/aromatic N) is 6. The average Bonchev–Trinajstić information content (AvgIpc) is 3.22. The van der Waals surface area contributed by atoms with Crippen LogP contribution in [-0.2, 0) is 0 Å². The molecule has 1 aliphatic heterocycles. The summed E-state index contributed by atoms with van der Waals surface area (Å²) >= 11 is 0. The third-order valence-corrected chi connectivity index (χ3v) is 14.3. The Hall–Kier alpha value is -6.67. The third kappa shape index (κ3) is 8.92. The van der Waals surface area contributed by atoms with E-state index in [1.807, 2.05) is 0 Å². The lowest BCUT2D eigenvalue weighted by molar-refractivity contribution is -0.386. The Morgan fingerprint density at radius 3 is 1.33 bits per heavy atom. The van der Waals surface area contributed by atoms with E-state index >= 15 is 0 Å². The van der Waals surface area contributed by atoms with Gasteiger partial charge in [-0.05, 0) is 54.6 Å². The van der Waals surface area contributed by atoms with E-state index in [9.17, 15) is 30.3 Å². The smallest absolute Gasteiger partial charge is 0.437 e. The molecule has 2 atom stereocenters. The molecule has 0 aliphatic carbocycles. The van der Waals surface area contributed by atoms with Gasteiger partial charge in [0.05, 0.1) is 14.8 Å². The topological polar surface area (TPSA) is 204 Å². The summed E-state index contributed by atoms with van der Waals surface area (Å²) in [4.78, 5) is 47.8. The Morgan fingerprint density at radius 2 is 0.860 bits per heavy atom. The van der Waals surface area contributed by atoms with E-state index in [1.165, 1.54) is 72.8 Å². The minimum atomic E-state index is -4.36. The molecule has 57 heavy (non-hydrogen) atoms. The molecular weight excluding hydrogens is 801 g/mol. The van der Waals surface area contributed by atoms with E-state index in [0.29, 0.717) is 0 Å². The summed E-state index contributed by atoms with van der Waals surface area (Å²) in [7, 11) is -9.96. The lowest BCUT2D eigenvalue weighted by Crippen LogP contribution is -2.37. The lowest BCUT2D eigenvalue weighted by atomic mass is 10.3. The molecule has 21 heteroatoms. The molecule has 6 aromatic rings.